The summed E-state index contributed by atoms with van der Waals surface area (Å²) in [4.78, 5) is 10.8. The molecule has 0 aliphatic heterocycles. The summed E-state index contributed by atoms with van der Waals surface area (Å²) in [5, 5.41) is 26.8. The van der Waals surface area contributed by atoms with E-state index in [2.05, 4.69) is 0 Å². The molecule has 88 valence electrons. The number of aliphatic hydroxyl groups excluding tert-OH is 2. The van der Waals surface area contributed by atoms with E-state index in [9.17, 15) is 4.79 Å². The fourth-order valence-electron chi connectivity index (χ4n) is 1.67. The maximum absolute atomic E-state index is 10.8. The highest BCUT2D eigenvalue weighted by Gasteiger charge is 2.42. The highest BCUT2D eigenvalue weighted by Crippen LogP contribution is 2.35. The van der Waals surface area contributed by atoms with Crippen LogP contribution in [0.25, 0.3) is 0 Å². The Morgan fingerprint density at radius 3 is 2.80 bits per heavy atom. The van der Waals surface area contributed by atoms with Gasteiger partial charge in [0.25, 0.3) is 0 Å². The third kappa shape index (κ3) is 3.34. The third-order valence-corrected chi connectivity index (χ3v) is 4.12. The molecular formula is C9H17NO4S. The van der Waals surface area contributed by atoms with Crippen LogP contribution in [0.15, 0.2) is 0 Å². The summed E-state index contributed by atoms with van der Waals surface area (Å²) < 4.78 is 0. The van der Waals surface area contributed by atoms with E-state index in [0.29, 0.717) is 18.6 Å². The van der Waals surface area contributed by atoms with Gasteiger partial charge < -0.3 is 21.1 Å². The van der Waals surface area contributed by atoms with Crippen molar-refractivity contribution in [1.29, 1.82) is 0 Å². The van der Waals surface area contributed by atoms with Gasteiger partial charge in [0.1, 0.15) is 5.54 Å². The first-order valence-corrected chi connectivity index (χ1v) is 5.95. The monoisotopic (exact) mass is 235 g/mol. The van der Waals surface area contributed by atoms with Crippen molar-refractivity contribution in [3.05, 3.63) is 0 Å². The van der Waals surface area contributed by atoms with Gasteiger partial charge in [-0.05, 0) is 19.3 Å². The van der Waals surface area contributed by atoms with E-state index in [-0.39, 0.29) is 11.9 Å². The smallest absolute Gasteiger partial charge is 0.323 e. The predicted molar refractivity (Wildman–Crippen MR) is 57.7 cm³/mol. The SMILES string of the molecule is NC1(C(=O)O)CCC(SCC(O)CO)C1. The largest absolute Gasteiger partial charge is 0.480 e. The Balaban J connectivity index is 2.34. The number of thioether (sulfide) groups is 1. The van der Waals surface area contributed by atoms with E-state index >= 15 is 0 Å². The minimum Gasteiger partial charge on any atom is -0.480 e. The molecule has 0 radical (unpaired) electrons. The molecule has 0 amide bonds. The van der Waals surface area contributed by atoms with Crippen LogP contribution in [-0.2, 0) is 4.79 Å². The number of carboxylic acids is 1. The van der Waals surface area contributed by atoms with Crippen molar-refractivity contribution in [2.24, 2.45) is 5.73 Å². The van der Waals surface area contributed by atoms with Crippen molar-refractivity contribution in [2.75, 3.05) is 12.4 Å². The van der Waals surface area contributed by atoms with Gasteiger partial charge in [-0.25, -0.2) is 0 Å². The van der Waals surface area contributed by atoms with Crippen molar-refractivity contribution in [1.82, 2.24) is 0 Å². The first kappa shape index (κ1) is 12.8. The van der Waals surface area contributed by atoms with Crippen molar-refractivity contribution >= 4 is 17.7 Å². The molecule has 6 heteroatoms. The number of aliphatic hydroxyl groups is 2. The Morgan fingerprint density at radius 1 is 1.67 bits per heavy atom. The Hall–Kier alpha value is -0.300. The lowest BCUT2D eigenvalue weighted by molar-refractivity contribution is -0.143. The number of carbonyl (C=O) groups is 1. The molecule has 0 heterocycles. The van der Waals surface area contributed by atoms with Crippen LogP contribution >= 0.6 is 11.8 Å². The maximum Gasteiger partial charge on any atom is 0.323 e. The summed E-state index contributed by atoms with van der Waals surface area (Å²) in [6.45, 7) is -0.258. The zero-order chi connectivity index (χ0) is 11.5. The van der Waals surface area contributed by atoms with Crippen molar-refractivity contribution in [3.8, 4) is 0 Å². The molecule has 15 heavy (non-hydrogen) atoms. The fourth-order valence-corrected chi connectivity index (χ4v) is 2.96. The molecule has 0 saturated heterocycles. The number of hydrogen-bond acceptors (Lipinski definition) is 5. The van der Waals surface area contributed by atoms with E-state index < -0.39 is 17.6 Å². The molecule has 0 spiro atoms. The molecular weight excluding hydrogens is 218 g/mol. The zero-order valence-corrected chi connectivity index (χ0v) is 9.24. The first-order chi connectivity index (χ1) is 6.98. The highest BCUT2D eigenvalue weighted by atomic mass is 32.2. The fraction of sp³-hybridized carbons (Fsp3) is 0.889. The van der Waals surface area contributed by atoms with Crippen molar-refractivity contribution in [2.45, 2.75) is 36.2 Å². The Morgan fingerprint density at radius 2 is 2.33 bits per heavy atom. The molecule has 0 aromatic heterocycles. The quantitative estimate of drug-likeness (QED) is 0.507. The summed E-state index contributed by atoms with van der Waals surface area (Å²) in [7, 11) is 0. The van der Waals surface area contributed by atoms with Gasteiger partial charge in [0.15, 0.2) is 0 Å². The van der Waals surface area contributed by atoms with Gasteiger partial charge in [0.2, 0.25) is 0 Å². The maximum atomic E-state index is 10.8. The standard InChI is InChI=1S/C9H17NO4S/c10-9(8(13)14)2-1-7(3-9)15-5-6(12)4-11/h6-7,11-12H,1-5,10H2,(H,13,14). The van der Waals surface area contributed by atoms with Gasteiger partial charge in [-0.2, -0.15) is 11.8 Å². The van der Waals surface area contributed by atoms with Crippen molar-refractivity contribution in [3.63, 3.8) is 0 Å². The second kappa shape index (κ2) is 5.16. The molecule has 5 N–H and O–H groups in total. The molecule has 3 atom stereocenters. The van der Waals surface area contributed by atoms with Crippen LogP contribution < -0.4 is 5.73 Å². The first-order valence-electron chi connectivity index (χ1n) is 4.91. The highest BCUT2D eigenvalue weighted by molar-refractivity contribution is 7.99. The summed E-state index contributed by atoms with van der Waals surface area (Å²) in [6.07, 6.45) is 0.944. The average Bonchev–Trinajstić information content (AvgIpc) is 2.58. The molecule has 1 rings (SSSR count). The van der Waals surface area contributed by atoms with Crippen LogP contribution in [0.5, 0.6) is 0 Å². The Bertz CT molecular complexity index is 238. The number of rotatable bonds is 5. The molecule has 1 aliphatic rings. The molecule has 1 saturated carbocycles. The molecule has 0 bridgehead atoms. The topological polar surface area (TPSA) is 104 Å². The van der Waals surface area contributed by atoms with Gasteiger partial charge in [-0.1, -0.05) is 0 Å². The van der Waals surface area contributed by atoms with E-state index in [1.165, 1.54) is 11.8 Å². The summed E-state index contributed by atoms with van der Waals surface area (Å²) >= 11 is 1.48. The minimum atomic E-state index is -1.10. The second-order valence-corrected chi connectivity index (χ2v) is 5.33. The van der Waals surface area contributed by atoms with Crippen LogP contribution in [0.2, 0.25) is 0 Å². The van der Waals surface area contributed by atoms with E-state index in [0.717, 1.165) is 6.42 Å². The molecule has 0 aromatic carbocycles. The average molecular weight is 235 g/mol. The minimum absolute atomic E-state index is 0.173. The molecule has 0 aromatic rings. The number of hydrogen-bond donors (Lipinski definition) is 4. The van der Waals surface area contributed by atoms with E-state index in [4.69, 9.17) is 21.1 Å². The predicted octanol–water partition coefficient (Wildman–Crippen LogP) is -0.593. The lowest BCUT2D eigenvalue weighted by Crippen LogP contribution is -2.45. The lowest BCUT2D eigenvalue weighted by atomic mass is 10.0. The van der Waals surface area contributed by atoms with Gasteiger partial charge in [-0.3, -0.25) is 4.79 Å². The van der Waals surface area contributed by atoms with Crippen LogP contribution in [-0.4, -0.2) is 50.5 Å². The zero-order valence-electron chi connectivity index (χ0n) is 8.43. The second-order valence-electron chi connectivity index (χ2n) is 4.00. The molecule has 5 nitrogen and oxygen atoms in total. The number of nitrogens with two attached hydrogens (primary N) is 1. The van der Waals surface area contributed by atoms with E-state index in [1.54, 1.807) is 0 Å². The lowest BCUT2D eigenvalue weighted by Gasteiger charge is -2.18. The van der Waals surface area contributed by atoms with Crippen LogP contribution in [0, 0.1) is 0 Å². The third-order valence-electron chi connectivity index (χ3n) is 2.67. The summed E-state index contributed by atoms with van der Waals surface area (Å²) in [5.41, 5.74) is 4.61. The molecule has 1 fully saturated rings. The van der Waals surface area contributed by atoms with Gasteiger partial charge in [0, 0.05) is 11.0 Å². The van der Waals surface area contributed by atoms with Crippen LogP contribution in [0.3, 0.4) is 0 Å². The van der Waals surface area contributed by atoms with Crippen LogP contribution in [0.4, 0.5) is 0 Å². The number of carboxylic acid groups (broad SMARTS) is 1. The van der Waals surface area contributed by atoms with Gasteiger partial charge in [0.05, 0.1) is 12.7 Å². The van der Waals surface area contributed by atoms with Crippen molar-refractivity contribution < 1.29 is 20.1 Å². The van der Waals surface area contributed by atoms with Gasteiger partial charge in [-0.15, -0.1) is 0 Å². The van der Waals surface area contributed by atoms with Gasteiger partial charge >= 0.3 is 5.97 Å². The number of aliphatic carboxylic acids is 1. The Labute approximate surface area is 92.7 Å². The normalized spacial score (nSPS) is 32.9. The molecule has 3 unspecified atom stereocenters. The Kier molecular flexibility index (Phi) is 4.39. The summed E-state index contributed by atoms with van der Waals surface area (Å²) in [5.74, 6) is -0.523. The molecule has 1 aliphatic carbocycles. The van der Waals surface area contributed by atoms with Crippen LogP contribution in [0.1, 0.15) is 19.3 Å². The van der Waals surface area contributed by atoms with E-state index in [1.807, 2.05) is 0 Å². The summed E-state index contributed by atoms with van der Waals surface area (Å²) in [6, 6.07) is 0.